The van der Waals surface area contributed by atoms with Crippen LogP contribution in [0.5, 0.6) is 0 Å². The van der Waals surface area contributed by atoms with Crippen molar-refractivity contribution in [3.05, 3.63) is 72.9 Å². The van der Waals surface area contributed by atoms with E-state index in [2.05, 4.69) is 19.1 Å². The van der Waals surface area contributed by atoms with Crippen molar-refractivity contribution in [2.24, 2.45) is 0 Å². The molecule has 108 valence electrons. The molecule has 1 atom stereocenters. The molecule has 1 nitrogen and oxygen atoms in total. The fraction of sp³-hybridized carbons (Fsp3) is 0.263. The Morgan fingerprint density at radius 2 is 1.65 bits per heavy atom. The molecule has 1 aromatic carbocycles. The summed E-state index contributed by atoms with van der Waals surface area (Å²) in [4.78, 5) is 0. The Bertz CT molecular complexity index is 448. The van der Waals surface area contributed by atoms with Gasteiger partial charge in [0.25, 0.3) is 0 Å². The third-order valence-electron chi connectivity index (χ3n) is 2.34. The van der Waals surface area contributed by atoms with Crippen LogP contribution in [0.4, 0.5) is 0 Å². The van der Waals surface area contributed by atoms with Crippen molar-refractivity contribution in [3.63, 3.8) is 0 Å². The zero-order chi connectivity index (χ0) is 16.0. The molecule has 20 heavy (non-hydrogen) atoms. The average Bonchev–Trinajstić information content (AvgIpc) is 2.56. The Morgan fingerprint density at radius 3 is 2.00 bits per heavy atom. The van der Waals surface area contributed by atoms with E-state index in [4.69, 9.17) is 6.42 Å². The van der Waals surface area contributed by atoms with E-state index in [0.29, 0.717) is 11.1 Å². The first-order chi connectivity index (χ1) is 9.69. The molecule has 1 rings (SSSR count). The van der Waals surface area contributed by atoms with E-state index >= 15 is 0 Å². The third kappa shape index (κ3) is 5.30. The van der Waals surface area contributed by atoms with Gasteiger partial charge in [-0.1, -0.05) is 95.3 Å². The normalized spacial score (nSPS) is 12.3. The fourth-order valence-electron chi connectivity index (χ4n) is 1.48. The van der Waals surface area contributed by atoms with Crippen molar-refractivity contribution in [3.8, 4) is 12.3 Å². The molecule has 0 spiro atoms. The van der Waals surface area contributed by atoms with Crippen LogP contribution in [0.1, 0.15) is 33.3 Å². The van der Waals surface area contributed by atoms with Gasteiger partial charge in [0.1, 0.15) is 0 Å². The van der Waals surface area contributed by atoms with Gasteiger partial charge in [0.2, 0.25) is 0 Å². The van der Waals surface area contributed by atoms with Gasteiger partial charge in [-0.25, -0.2) is 0 Å². The Hall–Kier alpha value is -2.04. The van der Waals surface area contributed by atoms with Gasteiger partial charge in [0.05, 0.1) is 0 Å². The second-order valence-corrected chi connectivity index (χ2v) is 3.28. The van der Waals surface area contributed by atoms with E-state index < -0.39 is 5.60 Å². The summed E-state index contributed by atoms with van der Waals surface area (Å²) in [5.41, 5.74) is -0.265. The molecule has 0 bridgehead atoms. The van der Waals surface area contributed by atoms with Gasteiger partial charge in [0, 0.05) is 5.56 Å². The SMILES string of the molecule is C#CC(O)(/C(C=C)=C/C=C)c1ccccc1.CC.CC. The Labute approximate surface area is 124 Å². The topological polar surface area (TPSA) is 20.2 Å². The first-order valence-corrected chi connectivity index (χ1v) is 6.90. The number of allylic oxidation sites excluding steroid dienone is 2. The van der Waals surface area contributed by atoms with Crippen molar-refractivity contribution < 1.29 is 5.11 Å². The van der Waals surface area contributed by atoms with Crippen LogP contribution in [0.2, 0.25) is 0 Å². The van der Waals surface area contributed by atoms with Crippen LogP contribution in [0.25, 0.3) is 0 Å². The van der Waals surface area contributed by atoms with Crippen molar-refractivity contribution in [2.75, 3.05) is 0 Å². The van der Waals surface area contributed by atoms with Crippen LogP contribution >= 0.6 is 0 Å². The lowest BCUT2D eigenvalue weighted by atomic mass is 9.86. The molecule has 0 amide bonds. The summed E-state index contributed by atoms with van der Waals surface area (Å²) in [7, 11) is 0. The van der Waals surface area contributed by atoms with E-state index in [1.54, 1.807) is 24.3 Å². The highest BCUT2D eigenvalue weighted by atomic mass is 16.3. The quantitative estimate of drug-likeness (QED) is 0.612. The van der Waals surface area contributed by atoms with Crippen molar-refractivity contribution in [1.82, 2.24) is 0 Å². The standard InChI is InChI=1S/C15H14O.2C2H6/c1-4-10-13(5-2)15(16,6-3)14-11-8-7-9-12-14;2*1-2/h3-5,7-12,16H,1-2H2;2*1-2H3/b13-10+;;. The second-order valence-electron chi connectivity index (χ2n) is 3.28. The highest BCUT2D eigenvalue weighted by Gasteiger charge is 2.29. The smallest absolute Gasteiger partial charge is 0.176 e. The zero-order valence-corrected chi connectivity index (χ0v) is 13.1. The van der Waals surface area contributed by atoms with E-state index in [-0.39, 0.29) is 0 Å². The first kappa shape index (κ1) is 20.3. The molecule has 0 saturated heterocycles. The van der Waals surface area contributed by atoms with Gasteiger partial charge in [-0.05, 0) is 5.57 Å². The van der Waals surface area contributed by atoms with Gasteiger partial charge in [-0.15, -0.1) is 6.42 Å². The number of aliphatic hydroxyl groups is 1. The summed E-state index contributed by atoms with van der Waals surface area (Å²) in [6.45, 7) is 15.2. The minimum absolute atomic E-state index is 0.538. The largest absolute Gasteiger partial charge is 0.369 e. The summed E-state index contributed by atoms with van der Waals surface area (Å²) in [6.07, 6.45) is 10.2. The monoisotopic (exact) mass is 270 g/mol. The Morgan fingerprint density at radius 1 is 1.15 bits per heavy atom. The van der Waals surface area contributed by atoms with Crippen LogP contribution in [0, 0.1) is 12.3 Å². The van der Waals surface area contributed by atoms with Crippen LogP contribution < -0.4 is 0 Å². The predicted molar refractivity (Wildman–Crippen MR) is 90.3 cm³/mol. The maximum atomic E-state index is 10.5. The van der Waals surface area contributed by atoms with Crippen molar-refractivity contribution in [2.45, 2.75) is 33.3 Å². The van der Waals surface area contributed by atoms with Crippen molar-refractivity contribution in [1.29, 1.82) is 0 Å². The lowest BCUT2D eigenvalue weighted by Crippen LogP contribution is -2.25. The van der Waals surface area contributed by atoms with Gasteiger partial charge < -0.3 is 5.11 Å². The molecule has 0 saturated carbocycles. The molecule has 1 N–H and O–H groups in total. The lowest BCUT2D eigenvalue weighted by Gasteiger charge is -2.23. The summed E-state index contributed by atoms with van der Waals surface area (Å²) in [6, 6.07) is 9.07. The Balaban J connectivity index is 0. The van der Waals surface area contributed by atoms with Gasteiger partial charge in [-0.3, -0.25) is 0 Å². The summed E-state index contributed by atoms with van der Waals surface area (Å²) < 4.78 is 0. The maximum absolute atomic E-state index is 10.5. The minimum atomic E-state index is -1.45. The molecule has 0 radical (unpaired) electrons. The summed E-state index contributed by atoms with van der Waals surface area (Å²) in [5, 5.41) is 10.5. The fourth-order valence-corrected chi connectivity index (χ4v) is 1.48. The molecule has 1 heteroatoms. The molecule has 0 heterocycles. The van der Waals surface area contributed by atoms with Gasteiger partial charge in [-0.2, -0.15) is 0 Å². The average molecular weight is 270 g/mol. The first-order valence-electron chi connectivity index (χ1n) is 6.90. The molecule has 1 aromatic rings. The zero-order valence-electron chi connectivity index (χ0n) is 13.1. The van der Waals surface area contributed by atoms with Gasteiger partial charge in [0.15, 0.2) is 5.60 Å². The minimum Gasteiger partial charge on any atom is -0.369 e. The van der Waals surface area contributed by atoms with E-state index in [9.17, 15) is 5.11 Å². The Kier molecular flexibility index (Phi) is 12.2. The van der Waals surface area contributed by atoms with Gasteiger partial charge >= 0.3 is 0 Å². The number of hydrogen-bond donors (Lipinski definition) is 1. The van der Waals surface area contributed by atoms with Crippen LogP contribution in [-0.4, -0.2) is 5.11 Å². The number of benzene rings is 1. The van der Waals surface area contributed by atoms with Crippen LogP contribution in [0.15, 0.2) is 67.3 Å². The van der Waals surface area contributed by atoms with E-state index in [0.717, 1.165) is 0 Å². The lowest BCUT2D eigenvalue weighted by molar-refractivity contribution is 0.145. The third-order valence-corrected chi connectivity index (χ3v) is 2.34. The van der Waals surface area contributed by atoms with Crippen LogP contribution in [-0.2, 0) is 5.60 Å². The highest BCUT2D eigenvalue weighted by molar-refractivity contribution is 5.46. The molecule has 0 aliphatic rings. The summed E-state index contributed by atoms with van der Waals surface area (Å²) in [5.74, 6) is 2.40. The number of terminal acetylenes is 1. The van der Waals surface area contributed by atoms with E-state index in [1.807, 2.05) is 45.9 Å². The maximum Gasteiger partial charge on any atom is 0.176 e. The molecule has 0 aromatic heterocycles. The molecular weight excluding hydrogens is 244 g/mol. The van der Waals surface area contributed by atoms with E-state index in [1.165, 1.54) is 6.08 Å². The highest BCUT2D eigenvalue weighted by Crippen LogP contribution is 2.29. The summed E-state index contributed by atoms with van der Waals surface area (Å²) >= 11 is 0. The molecule has 0 aliphatic carbocycles. The molecular formula is C19H26O. The predicted octanol–water partition coefficient (Wildman–Crippen LogP) is 4.86. The van der Waals surface area contributed by atoms with Crippen LogP contribution in [0.3, 0.4) is 0 Å². The number of hydrogen-bond acceptors (Lipinski definition) is 1. The number of rotatable bonds is 4. The second kappa shape index (κ2) is 12.0. The molecule has 0 fully saturated rings. The molecule has 1 unspecified atom stereocenters. The molecule has 0 aliphatic heterocycles. The van der Waals surface area contributed by atoms with Crippen molar-refractivity contribution >= 4 is 0 Å².